The van der Waals surface area contributed by atoms with Crippen LogP contribution in [0.5, 0.6) is 17.2 Å². The fourth-order valence-corrected chi connectivity index (χ4v) is 4.40. The van der Waals surface area contributed by atoms with Crippen LogP contribution >= 0.6 is 0 Å². The number of urea groups is 1. The number of alkyl halides is 4. The second kappa shape index (κ2) is 8.32. The zero-order chi connectivity index (χ0) is 25.8. The number of hydrogen-bond acceptors (Lipinski definition) is 5. The zero-order valence-electron chi connectivity index (χ0n) is 19.1. The van der Waals surface area contributed by atoms with Crippen LogP contribution in [-0.4, -0.2) is 36.9 Å². The van der Waals surface area contributed by atoms with E-state index in [-0.39, 0.29) is 12.2 Å². The van der Waals surface area contributed by atoms with Gasteiger partial charge in [0.1, 0.15) is 19.0 Å². The molecule has 3 aliphatic rings. The average Bonchev–Trinajstić information content (AvgIpc) is 3.42. The van der Waals surface area contributed by atoms with Gasteiger partial charge in [0.05, 0.1) is 17.8 Å². The molecule has 0 unspecified atom stereocenters. The molecule has 0 aliphatic carbocycles. The van der Waals surface area contributed by atoms with Gasteiger partial charge in [0.15, 0.2) is 11.5 Å². The molecule has 0 radical (unpaired) electrons. The number of anilines is 1. The smallest absolute Gasteiger partial charge is 0.469 e. The highest BCUT2D eigenvalue weighted by Gasteiger charge is 2.66. The number of carbonyl (C=O) groups is 1. The third-order valence-electron chi connectivity index (χ3n) is 6.24. The van der Waals surface area contributed by atoms with Gasteiger partial charge in [-0.05, 0) is 41.5 Å². The van der Waals surface area contributed by atoms with Gasteiger partial charge >= 0.3 is 18.1 Å². The first-order valence-electron chi connectivity index (χ1n) is 11.4. The number of nitrogens with zero attached hydrogens (tertiary/aromatic N) is 1. The van der Waals surface area contributed by atoms with Crippen molar-refractivity contribution < 1.29 is 36.6 Å². The third-order valence-corrected chi connectivity index (χ3v) is 6.24. The van der Waals surface area contributed by atoms with Gasteiger partial charge in [-0.2, -0.15) is 17.6 Å². The SMILES string of the molecule is O=C(Nc1ccc2c(c1)C(F)(F)C(F)(F)O2)N1CC(c2ccc3c(c2)OCCO3)=C(c2ccccc2)N1. The molecule has 0 atom stereocenters. The van der Waals surface area contributed by atoms with E-state index in [1.165, 1.54) is 11.1 Å². The van der Waals surface area contributed by atoms with E-state index in [9.17, 15) is 22.4 Å². The van der Waals surface area contributed by atoms with E-state index < -0.39 is 29.4 Å². The van der Waals surface area contributed by atoms with Crippen LogP contribution in [0.25, 0.3) is 11.3 Å². The van der Waals surface area contributed by atoms with Crippen molar-refractivity contribution in [3.63, 3.8) is 0 Å². The maximum Gasteiger partial charge on any atom is 0.469 e. The van der Waals surface area contributed by atoms with Crippen molar-refractivity contribution in [1.82, 2.24) is 10.4 Å². The van der Waals surface area contributed by atoms with Gasteiger partial charge in [-0.15, -0.1) is 0 Å². The maximum absolute atomic E-state index is 14.1. The highest BCUT2D eigenvalue weighted by Crippen LogP contribution is 2.53. The van der Waals surface area contributed by atoms with Gasteiger partial charge in [0.2, 0.25) is 0 Å². The Bertz CT molecular complexity index is 1430. The Morgan fingerprint density at radius 2 is 1.59 bits per heavy atom. The number of ether oxygens (including phenoxy) is 3. The maximum atomic E-state index is 14.1. The molecule has 11 heteroatoms. The Labute approximate surface area is 208 Å². The summed E-state index contributed by atoms with van der Waals surface area (Å²) < 4.78 is 70.7. The highest BCUT2D eigenvalue weighted by molar-refractivity contribution is 5.98. The minimum absolute atomic E-state index is 0.0828. The Morgan fingerprint density at radius 3 is 2.38 bits per heavy atom. The van der Waals surface area contributed by atoms with Gasteiger partial charge in [0, 0.05) is 11.3 Å². The van der Waals surface area contributed by atoms with Gasteiger partial charge in [0.25, 0.3) is 0 Å². The normalized spacial score (nSPS) is 18.6. The second-order valence-corrected chi connectivity index (χ2v) is 8.61. The van der Waals surface area contributed by atoms with Gasteiger partial charge in [-0.3, -0.25) is 5.43 Å². The lowest BCUT2D eigenvalue weighted by Gasteiger charge is -2.20. The molecular formula is C26H19F4N3O4. The number of hydrogen-bond donors (Lipinski definition) is 2. The fourth-order valence-electron chi connectivity index (χ4n) is 4.40. The topological polar surface area (TPSA) is 72.1 Å². The standard InChI is InChI=1S/C26H19F4N3O4/c27-25(28)19-13-17(7-9-20(19)37-26(25,29)30)31-24(34)33-14-18(23(32-33)15-4-2-1-3-5-15)16-6-8-21-22(12-16)36-11-10-35-21/h1-9,12-13,32H,10-11,14H2,(H,31,34). The molecule has 2 amide bonds. The van der Waals surface area contributed by atoms with Crippen molar-refractivity contribution in [2.24, 2.45) is 0 Å². The van der Waals surface area contributed by atoms with E-state index in [2.05, 4.69) is 15.5 Å². The molecule has 0 aromatic heterocycles. The zero-order valence-corrected chi connectivity index (χ0v) is 19.1. The van der Waals surface area contributed by atoms with Gasteiger partial charge < -0.3 is 19.5 Å². The van der Waals surface area contributed by atoms with Crippen LogP contribution in [-0.2, 0) is 5.92 Å². The lowest BCUT2D eigenvalue weighted by atomic mass is 10.00. The predicted octanol–water partition coefficient (Wildman–Crippen LogP) is 5.46. The fraction of sp³-hybridized carbons (Fsp3) is 0.192. The molecule has 0 saturated heterocycles. The van der Waals surface area contributed by atoms with Crippen molar-refractivity contribution in [3.05, 3.63) is 83.4 Å². The molecule has 0 spiro atoms. The quantitative estimate of drug-likeness (QED) is 0.456. The Morgan fingerprint density at radius 1 is 0.865 bits per heavy atom. The summed E-state index contributed by atoms with van der Waals surface area (Å²) in [5.74, 6) is -3.95. The molecule has 2 N–H and O–H groups in total. The Hall–Kier alpha value is -4.41. The number of rotatable bonds is 3. The first-order valence-corrected chi connectivity index (χ1v) is 11.4. The van der Waals surface area contributed by atoms with Crippen molar-refractivity contribution in [2.45, 2.75) is 12.0 Å². The van der Waals surface area contributed by atoms with Crippen LogP contribution in [0.3, 0.4) is 0 Å². The monoisotopic (exact) mass is 513 g/mol. The molecule has 190 valence electrons. The minimum Gasteiger partial charge on any atom is -0.486 e. The average molecular weight is 513 g/mol. The minimum atomic E-state index is -4.67. The van der Waals surface area contributed by atoms with E-state index in [0.29, 0.717) is 30.4 Å². The molecule has 3 aliphatic heterocycles. The Kier molecular flexibility index (Phi) is 5.18. The van der Waals surface area contributed by atoms with Gasteiger partial charge in [-0.1, -0.05) is 36.4 Å². The molecule has 3 aromatic carbocycles. The lowest BCUT2D eigenvalue weighted by molar-refractivity contribution is -0.296. The molecular weight excluding hydrogens is 494 g/mol. The summed E-state index contributed by atoms with van der Waals surface area (Å²) in [5, 5.41) is 3.76. The summed E-state index contributed by atoms with van der Waals surface area (Å²) >= 11 is 0. The van der Waals surface area contributed by atoms with E-state index in [4.69, 9.17) is 9.47 Å². The number of benzene rings is 3. The van der Waals surface area contributed by atoms with Crippen molar-refractivity contribution >= 4 is 23.0 Å². The summed E-state index contributed by atoms with van der Waals surface area (Å²) in [6.07, 6.45) is -4.67. The molecule has 0 saturated carbocycles. The molecule has 0 fully saturated rings. The summed E-state index contributed by atoms with van der Waals surface area (Å²) in [6.45, 7) is 1.00. The van der Waals surface area contributed by atoms with Crippen molar-refractivity contribution in [1.29, 1.82) is 0 Å². The van der Waals surface area contributed by atoms with E-state index >= 15 is 0 Å². The lowest BCUT2D eigenvalue weighted by Crippen LogP contribution is -2.40. The summed E-state index contributed by atoms with van der Waals surface area (Å²) in [5.41, 5.74) is 5.06. The van der Waals surface area contributed by atoms with Crippen LogP contribution in [0.15, 0.2) is 66.7 Å². The van der Waals surface area contributed by atoms with E-state index in [1.54, 1.807) is 6.07 Å². The number of carbonyl (C=O) groups excluding carboxylic acids is 1. The number of fused-ring (bicyclic) bond motifs is 2. The molecule has 37 heavy (non-hydrogen) atoms. The van der Waals surface area contributed by atoms with Crippen molar-refractivity contribution in [3.8, 4) is 17.2 Å². The van der Waals surface area contributed by atoms with Crippen LogP contribution in [0, 0.1) is 0 Å². The number of halogens is 4. The van der Waals surface area contributed by atoms with E-state index in [1.807, 2.05) is 42.5 Å². The largest absolute Gasteiger partial charge is 0.486 e. The molecule has 3 aromatic rings. The van der Waals surface area contributed by atoms with Crippen molar-refractivity contribution in [2.75, 3.05) is 25.1 Å². The first-order chi connectivity index (χ1) is 17.7. The summed E-state index contributed by atoms with van der Waals surface area (Å²) in [4.78, 5) is 13.1. The molecule has 3 heterocycles. The summed E-state index contributed by atoms with van der Waals surface area (Å²) in [6, 6.07) is 17.1. The van der Waals surface area contributed by atoms with Gasteiger partial charge in [-0.25, -0.2) is 9.80 Å². The predicted molar refractivity (Wildman–Crippen MR) is 125 cm³/mol. The van der Waals surface area contributed by atoms with Crippen LogP contribution < -0.4 is 25.0 Å². The van der Waals surface area contributed by atoms with Crippen LogP contribution in [0.4, 0.5) is 28.0 Å². The van der Waals surface area contributed by atoms with E-state index in [0.717, 1.165) is 28.8 Å². The van der Waals surface area contributed by atoms with Crippen LogP contribution in [0.2, 0.25) is 0 Å². The number of hydrazine groups is 1. The third kappa shape index (κ3) is 3.87. The Balaban J connectivity index is 1.27. The molecule has 6 rings (SSSR count). The summed E-state index contributed by atoms with van der Waals surface area (Å²) in [7, 11) is 0. The van der Waals surface area contributed by atoms with Crippen LogP contribution in [0.1, 0.15) is 16.7 Å². The second-order valence-electron chi connectivity index (χ2n) is 8.61. The molecule has 0 bridgehead atoms. The first kappa shape index (κ1) is 23.0. The number of nitrogens with one attached hydrogen (secondary N) is 2. The molecule has 7 nitrogen and oxygen atoms in total. The highest BCUT2D eigenvalue weighted by atomic mass is 19.3. The number of amides is 2.